The Morgan fingerprint density at radius 2 is 2.15 bits per heavy atom. The van der Waals surface area contributed by atoms with Crippen molar-refractivity contribution in [1.82, 2.24) is 4.98 Å². The molecule has 1 aromatic heterocycles. The van der Waals surface area contributed by atoms with Crippen LogP contribution < -0.4 is 4.90 Å². The van der Waals surface area contributed by atoms with Crippen LogP contribution in [0.1, 0.15) is 6.92 Å². The predicted molar refractivity (Wildman–Crippen MR) is 81.9 cm³/mol. The van der Waals surface area contributed by atoms with Gasteiger partial charge >= 0.3 is 5.97 Å². The first kappa shape index (κ1) is 13.4. The van der Waals surface area contributed by atoms with E-state index in [1.807, 2.05) is 31.2 Å². The molecule has 104 valence electrons. The van der Waals surface area contributed by atoms with Crippen LogP contribution >= 0.6 is 15.9 Å². The molecule has 0 spiro atoms. The number of nitrogens with zero attached hydrogens (tertiary/aromatic N) is 2. The minimum absolute atomic E-state index is 0.136. The van der Waals surface area contributed by atoms with Crippen LogP contribution in [0, 0.1) is 11.8 Å². The van der Waals surface area contributed by atoms with Crippen LogP contribution in [0.3, 0.4) is 0 Å². The third kappa shape index (κ3) is 2.16. The first-order valence-corrected chi connectivity index (χ1v) is 7.38. The van der Waals surface area contributed by atoms with Gasteiger partial charge in [-0.2, -0.15) is 0 Å². The molecule has 20 heavy (non-hydrogen) atoms. The third-order valence-corrected chi connectivity index (χ3v) is 4.65. The van der Waals surface area contributed by atoms with E-state index in [1.54, 1.807) is 6.20 Å². The number of aliphatic carboxylic acids is 1. The molecule has 1 N–H and O–H groups in total. The fourth-order valence-corrected chi connectivity index (χ4v) is 3.36. The number of aromatic nitrogens is 1. The molecule has 1 aliphatic rings. The predicted octanol–water partition coefficient (Wildman–Crippen LogP) is 3.15. The molecule has 2 heterocycles. The summed E-state index contributed by atoms with van der Waals surface area (Å²) in [6, 6.07) is 7.98. The third-order valence-electron chi connectivity index (χ3n) is 3.96. The van der Waals surface area contributed by atoms with E-state index >= 15 is 0 Å². The van der Waals surface area contributed by atoms with Crippen molar-refractivity contribution in [3.05, 3.63) is 34.9 Å². The molecule has 1 aromatic carbocycles. The van der Waals surface area contributed by atoms with Gasteiger partial charge in [-0.25, -0.2) is 4.98 Å². The van der Waals surface area contributed by atoms with Gasteiger partial charge in [-0.1, -0.05) is 35.0 Å². The van der Waals surface area contributed by atoms with E-state index in [2.05, 4.69) is 25.8 Å². The average molecular weight is 335 g/mol. The summed E-state index contributed by atoms with van der Waals surface area (Å²) in [6.45, 7) is 3.24. The summed E-state index contributed by atoms with van der Waals surface area (Å²) in [4.78, 5) is 17.8. The van der Waals surface area contributed by atoms with Crippen molar-refractivity contribution in [3.8, 4) is 0 Å². The smallest absolute Gasteiger partial charge is 0.308 e. The molecule has 1 fully saturated rings. The Balaban J connectivity index is 2.04. The molecule has 3 rings (SSSR count). The lowest BCUT2D eigenvalue weighted by Crippen LogP contribution is -2.23. The monoisotopic (exact) mass is 334 g/mol. The van der Waals surface area contributed by atoms with Crippen LogP contribution in [0.25, 0.3) is 10.8 Å². The normalized spacial score (nSPS) is 22.4. The van der Waals surface area contributed by atoms with Crippen molar-refractivity contribution in [3.63, 3.8) is 0 Å². The number of benzene rings is 1. The van der Waals surface area contributed by atoms with E-state index < -0.39 is 5.97 Å². The number of carbonyl (C=O) groups is 1. The molecule has 2 aromatic rings. The van der Waals surface area contributed by atoms with Crippen LogP contribution in [0.15, 0.2) is 34.9 Å². The summed E-state index contributed by atoms with van der Waals surface area (Å²) in [7, 11) is 0. The van der Waals surface area contributed by atoms with Gasteiger partial charge in [0.25, 0.3) is 0 Å². The SMILES string of the molecule is CC1CN(c2nccc3c(Br)cccc23)CC1C(=O)O. The van der Waals surface area contributed by atoms with Gasteiger partial charge in [-0.05, 0) is 18.1 Å². The topological polar surface area (TPSA) is 53.4 Å². The Hall–Kier alpha value is -1.62. The van der Waals surface area contributed by atoms with Gasteiger partial charge in [0.1, 0.15) is 5.82 Å². The maximum absolute atomic E-state index is 11.3. The first-order valence-electron chi connectivity index (χ1n) is 6.59. The second kappa shape index (κ2) is 5.05. The lowest BCUT2D eigenvalue weighted by Gasteiger charge is -2.19. The van der Waals surface area contributed by atoms with Crippen LogP contribution in [0.5, 0.6) is 0 Å². The molecule has 5 heteroatoms. The highest BCUT2D eigenvalue weighted by Crippen LogP contribution is 2.33. The molecule has 0 aliphatic carbocycles. The molecule has 2 atom stereocenters. The number of pyridine rings is 1. The largest absolute Gasteiger partial charge is 0.481 e. The Kier molecular flexibility index (Phi) is 3.38. The zero-order valence-electron chi connectivity index (χ0n) is 11.1. The quantitative estimate of drug-likeness (QED) is 0.916. The highest BCUT2D eigenvalue weighted by Gasteiger charge is 2.35. The number of hydrogen-bond donors (Lipinski definition) is 1. The summed E-state index contributed by atoms with van der Waals surface area (Å²) in [5.74, 6) is -0.0308. The van der Waals surface area contributed by atoms with Gasteiger partial charge < -0.3 is 10.0 Å². The molecule has 1 aliphatic heterocycles. The zero-order valence-corrected chi connectivity index (χ0v) is 12.7. The number of fused-ring (bicyclic) bond motifs is 1. The average Bonchev–Trinajstić information content (AvgIpc) is 2.81. The van der Waals surface area contributed by atoms with E-state index in [9.17, 15) is 9.90 Å². The van der Waals surface area contributed by atoms with Crippen molar-refractivity contribution in [1.29, 1.82) is 0 Å². The summed E-state index contributed by atoms with van der Waals surface area (Å²) in [6.07, 6.45) is 1.78. The van der Waals surface area contributed by atoms with E-state index in [0.717, 1.165) is 27.6 Å². The van der Waals surface area contributed by atoms with Gasteiger partial charge in [-0.15, -0.1) is 0 Å². The molecule has 0 saturated carbocycles. The molecule has 0 bridgehead atoms. The Morgan fingerprint density at radius 3 is 2.85 bits per heavy atom. The molecule has 2 unspecified atom stereocenters. The summed E-state index contributed by atoms with van der Waals surface area (Å²) >= 11 is 3.55. The minimum Gasteiger partial charge on any atom is -0.481 e. The number of anilines is 1. The van der Waals surface area contributed by atoms with E-state index in [0.29, 0.717) is 6.54 Å². The van der Waals surface area contributed by atoms with Crippen LogP contribution in [-0.4, -0.2) is 29.1 Å². The number of hydrogen-bond acceptors (Lipinski definition) is 3. The van der Waals surface area contributed by atoms with Crippen LogP contribution in [0.4, 0.5) is 5.82 Å². The van der Waals surface area contributed by atoms with Crippen LogP contribution in [-0.2, 0) is 4.79 Å². The zero-order chi connectivity index (χ0) is 14.3. The van der Waals surface area contributed by atoms with Crippen molar-refractivity contribution >= 4 is 38.5 Å². The number of carboxylic acids is 1. The number of rotatable bonds is 2. The van der Waals surface area contributed by atoms with E-state index in [-0.39, 0.29) is 11.8 Å². The summed E-state index contributed by atoms with van der Waals surface area (Å²) < 4.78 is 1.03. The fraction of sp³-hybridized carbons (Fsp3) is 0.333. The Bertz CT molecular complexity index is 674. The van der Waals surface area contributed by atoms with E-state index in [1.165, 1.54) is 0 Å². The van der Waals surface area contributed by atoms with Gasteiger partial charge in [0.15, 0.2) is 0 Å². The van der Waals surface area contributed by atoms with Crippen molar-refractivity contribution < 1.29 is 9.90 Å². The first-order chi connectivity index (χ1) is 9.58. The summed E-state index contributed by atoms with van der Waals surface area (Å²) in [5, 5.41) is 11.4. The van der Waals surface area contributed by atoms with E-state index in [4.69, 9.17) is 0 Å². The maximum Gasteiger partial charge on any atom is 0.308 e. The molecule has 0 amide bonds. The second-order valence-corrected chi connectivity index (χ2v) is 6.15. The fourth-order valence-electron chi connectivity index (χ4n) is 2.87. The van der Waals surface area contributed by atoms with Crippen molar-refractivity contribution in [2.24, 2.45) is 11.8 Å². The molecule has 1 saturated heterocycles. The van der Waals surface area contributed by atoms with Crippen LogP contribution in [0.2, 0.25) is 0 Å². The minimum atomic E-state index is -0.721. The number of halogens is 1. The van der Waals surface area contributed by atoms with Gasteiger partial charge in [-0.3, -0.25) is 4.79 Å². The van der Waals surface area contributed by atoms with Crippen molar-refractivity contribution in [2.75, 3.05) is 18.0 Å². The number of carboxylic acid groups (broad SMARTS) is 1. The molecule has 4 nitrogen and oxygen atoms in total. The Labute approximate surface area is 125 Å². The highest BCUT2D eigenvalue weighted by atomic mass is 79.9. The highest BCUT2D eigenvalue weighted by molar-refractivity contribution is 9.10. The molecular formula is C15H15BrN2O2. The molecular weight excluding hydrogens is 320 g/mol. The summed E-state index contributed by atoms with van der Waals surface area (Å²) in [5.41, 5.74) is 0. The maximum atomic E-state index is 11.3. The van der Waals surface area contributed by atoms with Gasteiger partial charge in [0.2, 0.25) is 0 Å². The molecule has 0 radical (unpaired) electrons. The standard InChI is InChI=1S/C15H15BrN2O2/c1-9-7-18(8-12(9)15(19)20)14-11-3-2-4-13(16)10(11)5-6-17-14/h2-6,9,12H,7-8H2,1H3,(H,19,20). The lowest BCUT2D eigenvalue weighted by molar-refractivity contribution is -0.142. The second-order valence-electron chi connectivity index (χ2n) is 5.30. The van der Waals surface area contributed by atoms with Crippen molar-refractivity contribution in [2.45, 2.75) is 6.92 Å². The lowest BCUT2D eigenvalue weighted by atomic mass is 9.99. The van der Waals surface area contributed by atoms with Gasteiger partial charge in [0.05, 0.1) is 5.92 Å². The van der Waals surface area contributed by atoms with Gasteiger partial charge in [0, 0.05) is 34.5 Å². The Morgan fingerprint density at radius 1 is 1.35 bits per heavy atom.